The highest BCUT2D eigenvalue weighted by Gasteiger charge is 2.29. The van der Waals surface area contributed by atoms with Gasteiger partial charge in [0, 0.05) is 0 Å². The summed E-state index contributed by atoms with van der Waals surface area (Å²) in [4.78, 5) is 10.7. The topological polar surface area (TPSA) is 26.3 Å². The predicted octanol–water partition coefficient (Wildman–Crippen LogP) is 1.03. The lowest BCUT2D eigenvalue weighted by atomic mass is 10.3. The summed E-state index contributed by atoms with van der Waals surface area (Å²) >= 11 is 0. The van der Waals surface area contributed by atoms with Crippen LogP contribution < -0.4 is 0 Å². The Morgan fingerprint density at radius 3 is 2.08 bits per heavy atom. The highest BCUT2D eigenvalue weighted by molar-refractivity contribution is 5.53. The smallest absolute Gasteiger partial charge is 0.250 e. The third-order valence-electron chi connectivity index (χ3n) is 2.51. The molecule has 1 unspecified atom stereocenters. The molecule has 12 heavy (non-hydrogen) atoms. The normalized spacial score (nSPS) is 14.3. The fourth-order valence-electron chi connectivity index (χ4n) is 1.12. The van der Waals surface area contributed by atoms with Gasteiger partial charge in [-0.2, -0.15) is 0 Å². The Balaban J connectivity index is 4.31. The summed E-state index contributed by atoms with van der Waals surface area (Å²) in [6.07, 6.45) is 0.598. The van der Waals surface area contributed by atoms with Crippen LogP contribution in [0.15, 0.2) is 0 Å². The molecule has 3 nitrogen and oxygen atoms in total. The maximum Gasteiger partial charge on any atom is 0.250 e. The van der Waals surface area contributed by atoms with E-state index < -0.39 is 0 Å². The van der Waals surface area contributed by atoms with Gasteiger partial charge in [-0.25, -0.2) is 0 Å². The van der Waals surface area contributed by atoms with E-state index in [1.165, 1.54) is 0 Å². The summed E-state index contributed by atoms with van der Waals surface area (Å²) in [6.45, 7) is 8.47. The van der Waals surface area contributed by atoms with E-state index >= 15 is 0 Å². The zero-order valence-corrected chi connectivity index (χ0v) is 8.54. The van der Waals surface area contributed by atoms with E-state index in [4.69, 9.17) is 4.74 Å². The quantitative estimate of drug-likeness (QED) is 0.341. The zero-order chi connectivity index (χ0) is 9.61. The van der Waals surface area contributed by atoms with Gasteiger partial charge in [-0.05, 0) is 20.8 Å². The second-order valence-electron chi connectivity index (χ2n) is 3.09. The number of carbonyl (C=O) groups excluding carboxylic acids is 1. The lowest BCUT2D eigenvalue weighted by Gasteiger charge is -2.36. The van der Waals surface area contributed by atoms with Gasteiger partial charge in [-0.15, -0.1) is 0 Å². The van der Waals surface area contributed by atoms with Crippen LogP contribution in [-0.4, -0.2) is 43.7 Å². The molecule has 0 aliphatic carbocycles. The molecule has 1 atom stereocenters. The van der Waals surface area contributed by atoms with Gasteiger partial charge in [-0.3, -0.25) is 9.28 Å². The maximum absolute atomic E-state index is 10.7. The van der Waals surface area contributed by atoms with Crippen molar-refractivity contribution < 1.29 is 14.0 Å². The minimum Gasteiger partial charge on any atom is -0.323 e. The molecule has 0 aromatic heterocycles. The molecule has 0 N–H and O–H groups in total. The fourth-order valence-corrected chi connectivity index (χ4v) is 1.12. The van der Waals surface area contributed by atoms with E-state index in [-0.39, 0.29) is 6.23 Å². The summed E-state index contributed by atoms with van der Waals surface area (Å²) < 4.78 is 6.01. The van der Waals surface area contributed by atoms with Crippen LogP contribution in [0.1, 0.15) is 20.8 Å². The molecular formula is C9H20NO2+. The standard InChI is InChI=1S/C9H20NO2/c1-5-10(4,6-2)9(8-11)12-7-3/h8-9H,5-7H2,1-4H3/q+1. The summed E-state index contributed by atoms with van der Waals surface area (Å²) in [6, 6.07) is 0. The number of hydrogen-bond donors (Lipinski definition) is 0. The highest BCUT2D eigenvalue weighted by atomic mass is 16.5. The second kappa shape index (κ2) is 5.27. The monoisotopic (exact) mass is 174 g/mol. The minimum atomic E-state index is -0.301. The number of quaternary nitrogens is 1. The number of nitrogens with zero attached hydrogens (tertiary/aromatic N) is 1. The Morgan fingerprint density at radius 2 is 1.83 bits per heavy atom. The van der Waals surface area contributed by atoms with Crippen LogP contribution in [0.25, 0.3) is 0 Å². The van der Waals surface area contributed by atoms with Crippen molar-refractivity contribution in [2.75, 3.05) is 26.7 Å². The maximum atomic E-state index is 10.7. The van der Waals surface area contributed by atoms with Crippen LogP contribution in [0.2, 0.25) is 0 Å². The van der Waals surface area contributed by atoms with Crippen LogP contribution in [0, 0.1) is 0 Å². The van der Waals surface area contributed by atoms with Crippen molar-refractivity contribution in [3.05, 3.63) is 0 Å². The van der Waals surface area contributed by atoms with E-state index in [9.17, 15) is 4.79 Å². The van der Waals surface area contributed by atoms with Crippen molar-refractivity contribution >= 4 is 6.29 Å². The van der Waals surface area contributed by atoms with Gasteiger partial charge in [-0.1, -0.05) is 0 Å². The first-order valence-electron chi connectivity index (χ1n) is 4.55. The Bertz CT molecular complexity index is 132. The molecule has 0 fully saturated rings. The third-order valence-corrected chi connectivity index (χ3v) is 2.51. The lowest BCUT2D eigenvalue weighted by molar-refractivity contribution is -0.940. The summed E-state index contributed by atoms with van der Waals surface area (Å²) in [7, 11) is 2.04. The molecule has 0 spiro atoms. The fraction of sp³-hybridized carbons (Fsp3) is 0.889. The summed E-state index contributed by atoms with van der Waals surface area (Å²) in [5.74, 6) is 0. The van der Waals surface area contributed by atoms with Crippen LogP contribution in [0.3, 0.4) is 0 Å². The van der Waals surface area contributed by atoms with Crippen LogP contribution in [0.4, 0.5) is 0 Å². The molecular weight excluding hydrogens is 154 g/mol. The zero-order valence-electron chi connectivity index (χ0n) is 8.54. The molecule has 0 saturated carbocycles. The van der Waals surface area contributed by atoms with Crippen molar-refractivity contribution in [3.8, 4) is 0 Å². The predicted molar refractivity (Wildman–Crippen MR) is 48.7 cm³/mol. The van der Waals surface area contributed by atoms with E-state index in [1.54, 1.807) is 0 Å². The number of carbonyl (C=O) groups is 1. The van der Waals surface area contributed by atoms with Crippen LogP contribution in [0.5, 0.6) is 0 Å². The van der Waals surface area contributed by atoms with Gasteiger partial charge < -0.3 is 4.74 Å². The number of ether oxygens (including phenoxy) is 1. The minimum absolute atomic E-state index is 0.301. The van der Waals surface area contributed by atoms with Crippen LogP contribution >= 0.6 is 0 Å². The molecule has 0 aromatic carbocycles. The average Bonchev–Trinajstić information content (AvgIpc) is 2.13. The molecule has 0 heterocycles. The third kappa shape index (κ3) is 2.57. The van der Waals surface area contributed by atoms with Crippen LogP contribution in [-0.2, 0) is 9.53 Å². The first kappa shape index (κ1) is 11.6. The lowest BCUT2D eigenvalue weighted by Crippen LogP contribution is -2.54. The first-order chi connectivity index (χ1) is 5.64. The van der Waals surface area contributed by atoms with Crippen molar-refractivity contribution in [3.63, 3.8) is 0 Å². The van der Waals surface area contributed by atoms with Crippen molar-refractivity contribution in [1.29, 1.82) is 0 Å². The number of rotatable bonds is 6. The molecule has 0 bridgehead atoms. The van der Waals surface area contributed by atoms with E-state index in [1.807, 2.05) is 14.0 Å². The molecule has 0 aliphatic heterocycles. The number of hydrogen-bond acceptors (Lipinski definition) is 2. The second-order valence-corrected chi connectivity index (χ2v) is 3.09. The SMILES string of the molecule is CCOC(C=O)[N+](C)(CC)CC. The Labute approximate surface area is 74.9 Å². The molecule has 0 radical (unpaired) electrons. The number of aldehydes is 1. The van der Waals surface area contributed by atoms with Gasteiger partial charge in [0.1, 0.15) is 0 Å². The molecule has 72 valence electrons. The Kier molecular flexibility index (Phi) is 5.09. The van der Waals surface area contributed by atoms with Gasteiger partial charge in [0.2, 0.25) is 6.29 Å². The number of likely N-dealkylation sites (N-methyl/N-ethyl adjacent to an activating group) is 1. The van der Waals surface area contributed by atoms with Gasteiger partial charge >= 0.3 is 0 Å². The average molecular weight is 174 g/mol. The molecule has 0 saturated heterocycles. The van der Waals surface area contributed by atoms with Gasteiger partial charge in [0.15, 0.2) is 0 Å². The molecule has 0 rings (SSSR count). The van der Waals surface area contributed by atoms with Crippen molar-refractivity contribution in [2.45, 2.75) is 27.0 Å². The molecule has 3 heteroatoms. The van der Waals surface area contributed by atoms with E-state index in [2.05, 4.69) is 13.8 Å². The molecule has 0 aliphatic rings. The first-order valence-corrected chi connectivity index (χ1v) is 4.55. The van der Waals surface area contributed by atoms with Crippen molar-refractivity contribution in [2.24, 2.45) is 0 Å². The molecule has 0 amide bonds. The van der Waals surface area contributed by atoms with E-state index in [0.717, 1.165) is 19.4 Å². The summed E-state index contributed by atoms with van der Waals surface area (Å²) in [5.41, 5.74) is 0. The highest BCUT2D eigenvalue weighted by Crippen LogP contribution is 2.08. The largest absolute Gasteiger partial charge is 0.323 e. The summed E-state index contributed by atoms with van der Waals surface area (Å²) in [5, 5.41) is 0. The Morgan fingerprint density at radius 1 is 1.33 bits per heavy atom. The van der Waals surface area contributed by atoms with Gasteiger partial charge in [0.25, 0.3) is 6.23 Å². The van der Waals surface area contributed by atoms with Gasteiger partial charge in [0.05, 0.1) is 26.7 Å². The molecule has 0 aromatic rings. The van der Waals surface area contributed by atoms with Crippen molar-refractivity contribution in [1.82, 2.24) is 0 Å². The van der Waals surface area contributed by atoms with E-state index in [0.29, 0.717) is 11.1 Å². The Hall–Kier alpha value is -0.410.